The van der Waals surface area contributed by atoms with E-state index in [2.05, 4.69) is 15.0 Å². The first kappa shape index (κ1) is 8.12. The number of nitrogens with zero attached hydrogens (tertiary/aromatic N) is 4. The molecule has 0 spiro atoms. The summed E-state index contributed by atoms with van der Waals surface area (Å²) in [6.07, 6.45) is 1.96. The third kappa shape index (κ3) is 1.08. The highest BCUT2D eigenvalue weighted by molar-refractivity contribution is 6.33. The number of carbonyl (C=O) groups excluding carboxylic acids is 1. The van der Waals surface area contributed by atoms with Gasteiger partial charge in [-0.1, -0.05) is 11.6 Å². The van der Waals surface area contributed by atoms with Crippen LogP contribution in [0.25, 0.3) is 11.2 Å². The Hall–Kier alpha value is -1.49. The molecule has 2 aromatic heterocycles. The van der Waals surface area contributed by atoms with Crippen LogP contribution in [-0.2, 0) is 7.05 Å². The predicted octanol–water partition coefficient (Wildman–Crippen LogP) is 0.829. The highest BCUT2D eigenvalue weighted by Gasteiger charge is 2.10. The van der Waals surface area contributed by atoms with Gasteiger partial charge >= 0.3 is 0 Å². The van der Waals surface area contributed by atoms with E-state index in [0.29, 0.717) is 22.6 Å². The highest BCUT2D eigenvalue weighted by Crippen LogP contribution is 2.18. The fourth-order valence-corrected chi connectivity index (χ4v) is 1.38. The lowest BCUT2D eigenvalue weighted by Crippen LogP contribution is -1.95. The number of carbonyl (C=O) groups is 1. The van der Waals surface area contributed by atoms with Gasteiger partial charge in [-0.15, -0.1) is 0 Å². The summed E-state index contributed by atoms with van der Waals surface area (Å²) in [5.74, 6) is 0.289. The summed E-state index contributed by atoms with van der Waals surface area (Å²) >= 11 is 5.80. The van der Waals surface area contributed by atoms with Gasteiger partial charge in [-0.2, -0.15) is 0 Å². The second-order valence-corrected chi connectivity index (χ2v) is 2.84. The summed E-state index contributed by atoms with van der Waals surface area (Å²) in [5.41, 5.74) is 1.01. The zero-order valence-corrected chi connectivity index (χ0v) is 7.49. The largest absolute Gasteiger partial charge is 0.321 e. The molecule has 0 amide bonds. The number of aryl methyl sites for hydroxylation is 1. The Balaban J connectivity index is 2.92. The van der Waals surface area contributed by atoms with Crippen LogP contribution < -0.4 is 0 Å². The quantitative estimate of drug-likeness (QED) is 0.501. The van der Waals surface area contributed by atoms with Crippen molar-refractivity contribution >= 4 is 29.1 Å². The number of hydrogen-bond acceptors (Lipinski definition) is 4. The standard InChI is InChI=1S/C7H5ClN4O/c1-12-4(2-13)11-7-5(12)6(8)9-3-10-7/h2-3H,1H3. The number of hydrogen-bond donors (Lipinski definition) is 0. The SMILES string of the molecule is Cn1c(C=O)nc2ncnc(Cl)c21. The molecular formula is C7H5ClN4O. The van der Waals surface area contributed by atoms with Gasteiger partial charge in [0.2, 0.25) is 0 Å². The molecule has 13 heavy (non-hydrogen) atoms. The van der Waals surface area contributed by atoms with Gasteiger partial charge in [0.25, 0.3) is 0 Å². The maximum Gasteiger partial charge on any atom is 0.185 e. The van der Waals surface area contributed by atoms with Crippen molar-refractivity contribution in [1.82, 2.24) is 19.5 Å². The van der Waals surface area contributed by atoms with Gasteiger partial charge in [-0.3, -0.25) is 4.79 Å². The maximum absolute atomic E-state index is 10.5. The van der Waals surface area contributed by atoms with Crippen LogP contribution in [0.1, 0.15) is 10.6 Å². The van der Waals surface area contributed by atoms with Crippen molar-refractivity contribution in [3.63, 3.8) is 0 Å². The number of aromatic nitrogens is 4. The summed E-state index contributed by atoms with van der Waals surface area (Å²) in [5, 5.41) is 0.299. The number of aldehydes is 1. The third-order valence-corrected chi connectivity index (χ3v) is 2.04. The Labute approximate surface area is 78.4 Å². The molecule has 0 fully saturated rings. The molecule has 0 saturated heterocycles. The van der Waals surface area contributed by atoms with E-state index in [1.165, 1.54) is 6.33 Å². The zero-order chi connectivity index (χ0) is 9.42. The fourth-order valence-electron chi connectivity index (χ4n) is 1.12. The lowest BCUT2D eigenvalue weighted by atomic mass is 10.5. The zero-order valence-electron chi connectivity index (χ0n) is 6.73. The minimum atomic E-state index is 0.289. The van der Waals surface area contributed by atoms with Crippen LogP contribution in [0.5, 0.6) is 0 Å². The molecule has 2 rings (SSSR count). The Morgan fingerprint density at radius 1 is 1.54 bits per heavy atom. The second-order valence-electron chi connectivity index (χ2n) is 2.48. The van der Waals surface area contributed by atoms with Crippen molar-refractivity contribution in [1.29, 1.82) is 0 Å². The Morgan fingerprint density at radius 2 is 2.31 bits per heavy atom. The van der Waals surface area contributed by atoms with Crippen molar-refractivity contribution in [3.05, 3.63) is 17.3 Å². The average Bonchev–Trinajstić information content (AvgIpc) is 2.44. The van der Waals surface area contributed by atoms with Crippen LogP contribution in [0.2, 0.25) is 5.15 Å². The molecule has 0 bridgehead atoms. The van der Waals surface area contributed by atoms with E-state index < -0.39 is 0 Å². The molecule has 2 aromatic rings. The Bertz CT molecular complexity index is 479. The van der Waals surface area contributed by atoms with Crippen molar-refractivity contribution in [2.24, 2.45) is 7.05 Å². The molecule has 0 atom stereocenters. The average molecular weight is 197 g/mol. The van der Waals surface area contributed by atoms with E-state index in [-0.39, 0.29) is 5.82 Å². The summed E-state index contributed by atoms with van der Waals surface area (Å²) in [6.45, 7) is 0. The molecule has 2 heterocycles. The lowest BCUT2D eigenvalue weighted by molar-refractivity contribution is 0.111. The number of imidazole rings is 1. The van der Waals surface area contributed by atoms with E-state index in [4.69, 9.17) is 11.6 Å². The molecular weight excluding hydrogens is 192 g/mol. The number of rotatable bonds is 1. The fraction of sp³-hybridized carbons (Fsp3) is 0.143. The molecule has 0 radical (unpaired) electrons. The van der Waals surface area contributed by atoms with Gasteiger partial charge in [0.1, 0.15) is 11.8 Å². The van der Waals surface area contributed by atoms with E-state index in [1.807, 2.05) is 0 Å². The van der Waals surface area contributed by atoms with Crippen LogP contribution in [0.15, 0.2) is 6.33 Å². The van der Waals surface area contributed by atoms with Crippen LogP contribution >= 0.6 is 11.6 Å². The van der Waals surface area contributed by atoms with Crippen molar-refractivity contribution < 1.29 is 4.79 Å². The van der Waals surface area contributed by atoms with Crippen molar-refractivity contribution in [2.45, 2.75) is 0 Å². The van der Waals surface area contributed by atoms with E-state index in [1.54, 1.807) is 11.6 Å². The van der Waals surface area contributed by atoms with Crippen molar-refractivity contribution in [2.75, 3.05) is 0 Å². The summed E-state index contributed by atoms with van der Waals surface area (Å²) in [4.78, 5) is 22.2. The summed E-state index contributed by atoms with van der Waals surface area (Å²) in [6, 6.07) is 0. The van der Waals surface area contributed by atoms with E-state index in [0.717, 1.165) is 0 Å². The van der Waals surface area contributed by atoms with Gasteiger partial charge < -0.3 is 4.57 Å². The molecule has 0 saturated carbocycles. The summed E-state index contributed by atoms with van der Waals surface area (Å²) in [7, 11) is 1.69. The topological polar surface area (TPSA) is 60.7 Å². The van der Waals surface area contributed by atoms with Crippen LogP contribution in [0.4, 0.5) is 0 Å². The first-order valence-corrected chi connectivity index (χ1v) is 3.90. The molecule has 0 aliphatic rings. The summed E-state index contributed by atoms with van der Waals surface area (Å²) < 4.78 is 1.56. The highest BCUT2D eigenvalue weighted by atomic mass is 35.5. The van der Waals surface area contributed by atoms with Gasteiger partial charge in [0.15, 0.2) is 22.9 Å². The monoisotopic (exact) mass is 196 g/mol. The molecule has 0 aliphatic carbocycles. The Morgan fingerprint density at radius 3 is 2.92 bits per heavy atom. The van der Waals surface area contributed by atoms with Gasteiger partial charge in [-0.05, 0) is 0 Å². The molecule has 0 N–H and O–H groups in total. The second kappa shape index (κ2) is 2.77. The van der Waals surface area contributed by atoms with Crippen molar-refractivity contribution in [3.8, 4) is 0 Å². The van der Waals surface area contributed by atoms with Gasteiger partial charge in [0.05, 0.1) is 0 Å². The van der Waals surface area contributed by atoms with Gasteiger partial charge in [0, 0.05) is 7.05 Å². The minimum absolute atomic E-state index is 0.289. The van der Waals surface area contributed by atoms with Crippen LogP contribution in [-0.4, -0.2) is 25.8 Å². The number of halogens is 1. The van der Waals surface area contributed by atoms with Gasteiger partial charge in [-0.25, -0.2) is 15.0 Å². The molecule has 6 heteroatoms. The van der Waals surface area contributed by atoms with Crippen LogP contribution in [0, 0.1) is 0 Å². The maximum atomic E-state index is 10.5. The minimum Gasteiger partial charge on any atom is -0.321 e. The first-order valence-electron chi connectivity index (χ1n) is 3.52. The molecule has 0 aromatic carbocycles. The smallest absolute Gasteiger partial charge is 0.185 e. The Kier molecular flexibility index (Phi) is 1.73. The van der Waals surface area contributed by atoms with Crippen LogP contribution in [0.3, 0.4) is 0 Å². The predicted molar refractivity (Wildman–Crippen MR) is 46.7 cm³/mol. The third-order valence-electron chi connectivity index (χ3n) is 1.76. The lowest BCUT2D eigenvalue weighted by Gasteiger charge is -1.95. The van der Waals surface area contributed by atoms with E-state index in [9.17, 15) is 4.79 Å². The number of fused-ring (bicyclic) bond motifs is 1. The van der Waals surface area contributed by atoms with E-state index >= 15 is 0 Å². The molecule has 0 unspecified atom stereocenters. The first-order chi connectivity index (χ1) is 6.24. The molecule has 66 valence electrons. The normalized spacial score (nSPS) is 10.6. The molecule has 5 nitrogen and oxygen atoms in total. The molecule has 0 aliphatic heterocycles.